The van der Waals surface area contributed by atoms with E-state index in [9.17, 15) is 4.79 Å². The Kier molecular flexibility index (Phi) is 3.13. The second-order valence-electron chi connectivity index (χ2n) is 4.42. The van der Waals surface area contributed by atoms with Gasteiger partial charge in [-0.25, -0.2) is 0 Å². The Morgan fingerprint density at radius 2 is 2.00 bits per heavy atom. The van der Waals surface area contributed by atoms with Crippen LogP contribution in [0.1, 0.15) is 18.4 Å². The molecule has 0 radical (unpaired) electrons. The van der Waals surface area contributed by atoms with Crippen LogP contribution in [0.2, 0.25) is 0 Å². The van der Waals surface area contributed by atoms with E-state index in [1.807, 2.05) is 24.3 Å². The summed E-state index contributed by atoms with van der Waals surface area (Å²) in [7, 11) is 1.65. The Balaban J connectivity index is 1.84. The highest BCUT2D eigenvalue weighted by Crippen LogP contribution is 2.36. The monoisotopic (exact) mass is 220 g/mol. The van der Waals surface area contributed by atoms with Crippen LogP contribution >= 0.6 is 0 Å². The van der Waals surface area contributed by atoms with Gasteiger partial charge in [-0.3, -0.25) is 4.79 Å². The zero-order valence-corrected chi connectivity index (χ0v) is 9.35. The fourth-order valence-electron chi connectivity index (χ4n) is 2.20. The van der Waals surface area contributed by atoms with Crippen LogP contribution in [0.5, 0.6) is 5.75 Å². The molecule has 1 N–H and O–H groups in total. The lowest BCUT2D eigenvalue weighted by atomic mass is 9.72. The summed E-state index contributed by atoms with van der Waals surface area (Å²) in [5, 5.41) is 8.77. The first-order valence-corrected chi connectivity index (χ1v) is 5.54. The normalized spacial score (nSPS) is 23.6. The number of carbonyl (C=O) groups is 1. The predicted molar refractivity (Wildman–Crippen MR) is 60.5 cm³/mol. The van der Waals surface area contributed by atoms with Gasteiger partial charge in [-0.1, -0.05) is 12.1 Å². The first-order chi connectivity index (χ1) is 7.69. The fraction of sp³-hybridized carbons (Fsp3) is 0.462. The molecule has 0 aromatic heterocycles. The van der Waals surface area contributed by atoms with Gasteiger partial charge in [-0.05, 0) is 42.9 Å². The first-order valence-electron chi connectivity index (χ1n) is 5.54. The van der Waals surface area contributed by atoms with Gasteiger partial charge >= 0.3 is 5.97 Å². The lowest BCUT2D eigenvalue weighted by Gasteiger charge is -2.32. The van der Waals surface area contributed by atoms with Crippen LogP contribution < -0.4 is 4.74 Å². The SMILES string of the molecule is COc1ccc(CC2CC(C(=O)O)C2)cc1. The van der Waals surface area contributed by atoms with Gasteiger partial charge in [-0.2, -0.15) is 0 Å². The number of ether oxygens (including phenoxy) is 1. The quantitative estimate of drug-likeness (QED) is 0.847. The maximum atomic E-state index is 10.6. The van der Waals surface area contributed by atoms with Gasteiger partial charge in [0.25, 0.3) is 0 Å². The van der Waals surface area contributed by atoms with Crippen molar-refractivity contribution in [1.29, 1.82) is 0 Å². The van der Waals surface area contributed by atoms with Crippen molar-refractivity contribution in [1.82, 2.24) is 0 Å². The van der Waals surface area contributed by atoms with Crippen molar-refractivity contribution in [3.63, 3.8) is 0 Å². The fourth-order valence-corrected chi connectivity index (χ4v) is 2.20. The van der Waals surface area contributed by atoms with Crippen LogP contribution in [0.4, 0.5) is 0 Å². The molecule has 1 fully saturated rings. The Morgan fingerprint density at radius 1 is 1.38 bits per heavy atom. The summed E-state index contributed by atoms with van der Waals surface area (Å²) >= 11 is 0. The molecule has 1 aromatic carbocycles. The largest absolute Gasteiger partial charge is 0.497 e. The van der Waals surface area contributed by atoms with Gasteiger partial charge in [-0.15, -0.1) is 0 Å². The molecule has 3 nitrogen and oxygen atoms in total. The van der Waals surface area contributed by atoms with Crippen molar-refractivity contribution in [2.75, 3.05) is 7.11 Å². The number of hydrogen-bond acceptors (Lipinski definition) is 2. The molecule has 0 spiro atoms. The Labute approximate surface area is 95.0 Å². The third-order valence-electron chi connectivity index (χ3n) is 3.27. The zero-order valence-electron chi connectivity index (χ0n) is 9.35. The molecule has 1 aliphatic rings. The minimum absolute atomic E-state index is 0.108. The number of rotatable bonds is 4. The van der Waals surface area contributed by atoms with Crippen molar-refractivity contribution in [3.05, 3.63) is 29.8 Å². The van der Waals surface area contributed by atoms with E-state index in [0.29, 0.717) is 5.92 Å². The Hall–Kier alpha value is -1.51. The summed E-state index contributed by atoms with van der Waals surface area (Å²) < 4.78 is 5.09. The maximum absolute atomic E-state index is 10.6. The number of hydrogen-bond donors (Lipinski definition) is 1. The third kappa shape index (κ3) is 2.35. The minimum Gasteiger partial charge on any atom is -0.497 e. The Bertz CT molecular complexity index is 363. The summed E-state index contributed by atoms with van der Waals surface area (Å²) in [5.41, 5.74) is 1.26. The highest BCUT2D eigenvalue weighted by Gasteiger charge is 2.33. The van der Waals surface area contributed by atoms with Crippen LogP contribution in [0.15, 0.2) is 24.3 Å². The smallest absolute Gasteiger partial charge is 0.306 e. The highest BCUT2D eigenvalue weighted by atomic mass is 16.5. The molecule has 1 aromatic rings. The summed E-state index contributed by atoms with van der Waals surface area (Å²) in [5.74, 6) is 0.643. The van der Waals surface area contributed by atoms with Crippen molar-refractivity contribution < 1.29 is 14.6 Å². The van der Waals surface area contributed by atoms with Gasteiger partial charge in [0.15, 0.2) is 0 Å². The third-order valence-corrected chi connectivity index (χ3v) is 3.27. The van der Waals surface area contributed by atoms with E-state index in [-0.39, 0.29) is 5.92 Å². The van der Waals surface area contributed by atoms with Gasteiger partial charge < -0.3 is 9.84 Å². The average molecular weight is 220 g/mol. The second kappa shape index (κ2) is 4.56. The van der Waals surface area contributed by atoms with E-state index in [1.165, 1.54) is 5.56 Å². The van der Waals surface area contributed by atoms with Crippen molar-refractivity contribution >= 4 is 5.97 Å². The van der Waals surface area contributed by atoms with Crippen LogP contribution in [-0.2, 0) is 11.2 Å². The number of carboxylic acids is 1. The molecule has 0 saturated heterocycles. The van der Waals surface area contributed by atoms with Crippen molar-refractivity contribution in [2.45, 2.75) is 19.3 Å². The first kappa shape index (κ1) is 11.0. The van der Waals surface area contributed by atoms with Gasteiger partial charge in [0.2, 0.25) is 0 Å². The van der Waals surface area contributed by atoms with Crippen LogP contribution in [0.25, 0.3) is 0 Å². The zero-order chi connectivity index (χ0) is 11.5. The van der Waals surface area contributed by atoms with E-state index >= 15 is 0 Å². The van der Waals surface area contributed by atoms with Gasteiger partial charge in [0, 0.05) is 0 Å². The van der Waals surface area contributed by atoms with Crippen LogP contribution in [0, 0.1) is 11.8 Å². The summed E-state index contributed by atoms with van der Waals surface area (Å²) in [6.07, 6.45) is 2.62. The molecule has 0 amide bonds. The van der Waals surface area contributed by atoms with E-state index in [0.717, 1.165) is 25.0 Å². The van der Waals surface area contributed by atoms with Gasteiger partial charge in [0.05, 0.1) is 13.0 Å². The molecule has 0 unspecified atom stereocenters. The number of carboxylic acid groups (broad SMARTS) is 1. The summed E-state index contributed by atoms with van der Waals surface area (Å²) in [6.45, 7) is 0. The van der Waals surface area contributed by atoms with E-state index in [2.05, 4.69) is 0 Å². The maximum Gasteiger partial charge on any atom is 0.306 e. The van der Waals surface area contributed by atoms with Crippen LogP contribution in [0.3, 0.4) is 0 Å². The van der Waals surface area contributed by atoms with Crippen LogP contribution in [-0.4, -0.2) is 18.2 Å². The molecule has 86 valence electrons. The standard InChI is InChI=1S/C13H16O3/c1-16-12-4-2-9(3-5-12)6-10-7-11(8-10)13(14)15/h2-5,10-11H,6-8H2,1H3,(H,14,15). The number of benzene rings is 1. The molecule has 0 bridgehead atoms. The lowest BCUT2D eigenvalue weighted by Crippen LogP contribution is -2.31. The van der Waals surface area contributed by atoms with Crippen molar-refractivity contribution in [3.8, 4) is 5.75 Å². The summed E-state index contributed by atoms with van der Waals surface area (Å²) in [4.78, 5) is 10.6. The predicted octanol–water partition coefficient (Wildman–Crippen LogP) is 2.35. The molecule has 2 rings (SSSR count). The van der Waals surface area contributed by atoms with Crippen molar-refractivity contribution in [2.24, 2.45) is 11.8 Å². The molecule has 3 heteroatoms. The minimum atomic E-state index is -0.647. The number of methoxy groups -OCH3 is 1. The molecule has 16 heavy (non-hydrogen) atoms. The molecular formula is C13H16O3. The Morgan fingerprint density at radius 3 is 2.50 bits per heavy atom. The molecule has 0 heterocycles. The second-order valence-corrected chi connectivity index (χ2v) is 4.42. The lowest BCUT2D eigenvalue weighted by molar-refractivity contribution is -0.146. The molecule has 0 aliphatic heterocycles. The molecule has 1 saturated carbocycles. The summed E-state index contributed by atoms with van der Waals surface area (Å²) in [6, 6.07) is 7.99. The molecule has 1 aliphatic carbocycles. The van der Waals surface area contributed by atoms with E-state index in [4.69, 9.17) is 9.84 Å². The van der Waals surface area contributed by atoms with E-state index < -0.39 is 5.97 Å². The van der Waals surface area contributed by atoms with E-state index in [1.54, 1.807) is 7.11 Å². The highest BCUT2D eigenvalue weighted by molar-refractivity contribution is 5.71. The van der Waals surface area contributed by atoms with Gasteiger partial charge in [0.1, 0.15) is 5.75 Å². The molecular weight excluding hydrogens is 204 g/mol. The average Bonchev–Trinajstić information content (AvgIpc) is 2.23. The number of aliphatic carboxylic acids is 1. The molecule has 0 atom stereocenters. The topological polar surface area (TPSA) is 46.5 Å².